The minimum Gasteiger partial charge on any atom is -0.383 e. The number of nitrogens with zero attached hydrogens (tertiary/aromatic N) is 2. The summed E-state index contributed by atoms with van der Waals surface area (Å²) < 4.78 is 6.37. The van der Waals surface area contributed by atoms with E-state index in [4.69, 9.17) is 10.5 Å². The van der Waals surface area contributed by atoms with Gasteiger partial charge in [0.15, 0.2) is 5.69 Å². The number of carbonyl (C=O) groups excluding carboxylic acids is 1. The fourth-order valence-corrected chi connectivity index (χ4v) is 2.58. The minimum absolute atomic E-state index is 0.0298. The largest absolute Gasteiger partial charge is 0.383 e. The lowest BCUT2D eigenvalue weighted by Crippen LogP contribution is -2.42. The Morgan fingerprint density at radius 3 is 2.48 bits per heavy atom. The van der Waals surface area contributed by atoms with E-state index in [1.807, 2.05) is 6.92 Å². The molecule has 1 aromatic heterocycles. The van der Waals surface area contributed by atoms with Crippen molar-refractivity contribution in [2.75, 3.05) is 30.9 Å². The topological polar surface area (TPSA) is 110 Å². The standard InChI is InChI=1S/C17H30N4O4/c1-4-6-8-9-13(22)20(11-12-25-3)14-15(18)21(10-7-5-2)17(24)19-16(14)23/h4-12,18H2,1-3H3,(H,19,23,24). The van der Waals surface area contributed by atoms with E-state index < -0.39 is 11.2 Å². The van der Waals surface area contributed by atoms with E-state index in [0.717, 1.165) is 32.1 Å². The molecule has 1 heterocycles. The number of anilines is 2. The number of nitrogen functional groups attached to an aromatic ring is 1. The van der Waals surface area contributed by atoms with E-state index in [1.165, 1.54) is 16.6 Å². The number of aromatic amines is 1. The summed E-state index contributed by atoms with van der Waals surface area (Å²) in [5.74, 6) is -0.162. The van der Waals surface area contributed by atoms with Gasteiger partial charge in [0.2, 0.25) is 5.91 Å². The number of nitrogens with one attached hydrogen (secondary N) is 1. The average Bonchev–Trinajstić information content (AvgIpc) is 2.57. The molecular formula is C17H30N4O4. The summed E-state index contributed by atoms with van der Waals surface area (Å²) in [5.41, 5.74) is 4.94. The van der Waals surface area contributed by atoms with Crippen LogP contribution in [0.5, 0.6) is 0 Å². The summed E-state index contributed by atoms with van der Waals surface area (Å²) in [7, 11) is 1.52. The molecule has 1 amide bonds. The number of nitrogens with two attached hydrogens (primary N) is 1. The zero-order chi connectivity index (χ0) is 18.8. The lowest BCUT2D eigenvalue weighted by atomic mass is 10.2. The van der Waals surface area contributed by atoms with Crippen LogP contribution in [0, 0.1) is 0 Å². The number of methoxy groups -OCH3 is 1. The molecule has 0 fully saturated rings. The third-order valence-electron chi connectivity index (χ3n) is 4.03. The average molecular weight is 354 g/mol. The highest BCUT2D eigenvalue weighted by Crippen LogP contribution is 2.19. The van der Waals surface area contributed by atoms with Crippen LogP contribution in [0.15, 0.2) is 9.59 Å². The Balaban J connectivity index is 3.25. The monoisotopic (exact) mass is 354 g/mol. The van der Waals surface area contributed by atoms with Gasteiger partial charge in [0.1, 0.15) is 5.82 Å². The van der Waals surface area contributed by atoms with Gasteiger partial charge < -0.3 is 15.4 Å². The van der Waals surface area contributed by atoms with Crippen LogP contribution in [-0.4, -0.2) is 35.7 Å². The number of hydrogen-bond acceptors (Lipinski definition) is 5. The highest BCUT2D eigenvalue weighted by atomic mass is 16.5. The first-order valence-electron chi connectivity index (χ1n) is 8.89. The van der Waals surface area contributed by atoms with Crippen LogP contribution >= 0.6 is 0 Å². The zero-order valence-electron chi connectivity index (χ0n) is 15.5. The fraction of sp³-hybridized carbons (Fsp3) is 0.706. The smallest absolute Gasteiger partial charge is 0.330 e. The highest BCUT2D eigenvalue weighted by molar-refractivity contribution is 5.95. The van der Waals surface area contributed by atoms with Gasteiger partial charge in [0.05, 0.1) is 6.61 Å². The number of carbonyl (C=O) groups is 1. The van der Waals surface area contributed by atoms with E-state index in [2.05, 4.69) is 11.9 Å². The summed E-state index contributed by atoms with van der Waals surface area (Å²) in [6, 6.07) is 0. The molecule has 1 rings (SSSR count). The Hall–Kier alpha value is -2.09. The summed E-state index contributed by atoms with van der Waals surface area (Å²) in [5, 5.41) is 0. The Bertz CT molecular complexity index is 666. The number of ether oxygens (including phenoxy) is 1. The Kier molecular flexibility index (Phi) is 8.98. The van der Waals surface area contributed by atoms with Gasteiger partial charge in [0, 0.05) is 26.6 Å². The summed E-state index contributed by atoms with van der Waals surface area (Å²) in [6.07, 6.45) is 4.63. The van der Waals surface area contributed by atoms with Gasteiger partial charge in [0.25, 0.3) is 5.56 Å². The van der Waals surface area contributed by atoms with Crippen LogP contribution in [0.3, 0.4) is 0 Å². The summed E-state index contributed by atoms with van der Waals surface area (Å²) >= 11 is 0. The first-order chi connectivity index (χ1) is 12.0. The molecule has 1 aromatic rings. The molecule has 0 atom stereocenters. The van der Waals surface area contributed by atoms with E-state index in [-0.39, 0.29) is 30.6 Å². The lowest BCUT2D eigenvalue weighted by molar-refractivity contribution is -0.118. The predicted octanol–water partition coefficient (Wildman–Crippen LogP) is 1.48. The van der Waals surface area contributed by atoms with Crippen LogP contribution < -0.4 is 21.9 Å². The second kappa shape index (κ2) is 10.7. The molecule has 0 spiro atoms. The van der Waals surface area contributed by atoms with Crippen molar-refractivity contribution in [3.63, 3.8) is 0 Å². The van der Waals surface area contributed by atoms with Crippen molar-refractivity contribution in [3.05, 3.63) is 20.8 Å². The van der Waals surface area contributed by atoms with Crippen molar-refractivity contribution in [1.82, 2.24) is 9.55 Å². The van der Waals surface area contributed by atoms with Crippen molar-refractivity contribution >= 4 is 17.4 Å². The SMILES string of the molecule is CCCCCC(=O)N(CCOC)c1c(N)n(CCCC)c(=O)[nH]c1=O. The molecule has 0 aliphatic carbocycles. The molecule has 8 heteroatoms. The Labute approximate surface area is 148 Å². The maximum atomic E-state index is 12.6. The third-order valence-corrected chi connectivity index (χ3v) is 4.03. The quantitative estimate of drug-likeness (QED) is 0.585. The molecule has 0 saturated carbocycles. The maximum absolute atomic E-state index is 12.6. The molecule has 0 radical (unpaired) electrons. The number of hydrogen-bond donors (Lipinski definition) is 2. The van der Waals surface area contributed by atoms with Crippen LogP contribution in [0.1, 0.15) is 52.4 Å². The first kappa shape index (κ1) is 21.0. The number of amides is 1. The Morgan fingerprint density at radius 2 is 1.88 bits per heavy atom. The molecule has 25 heavy (non-hydrogen) atoms. The normalized spacial score (nSPS) is 10.8. The molecule has 3 N–H and O–H groups in total. The second-order valence-corrected chi connectivity index (χ2v) is 5.99. The first-order valence-corrected chi connectivity index (χ1v) is 8.89. The maximum Gasteiger partial charge on any atom is 0.330 e. The van der Waals surface area contributed by atoms with Crippen molar-refractivity contribution < 1.29 is 9.53 Å². The van der Waals surface area contributed by atoms with Gasteiger partial charge in [-0.3, -0.25) is 19.1 Å². The summed E-state index contributed by atoms with van der Waals surface area (Å²) in [4.78, 5) is 40.6. The lowest BCUT2D eigenvalue weighted by Gasteiger charge is -2.24. The number of H-pyrrole nitrogens is 1. The molecule has 8 nitrogen and oxygen atoms in total. The number of aromatic nitrogens is 2. The van der Waals surface area contributed by atoms with Gasteiger partial charge in [-0.15, -0.1) is 0 Å². The number of unbranched alkanes of at least 4 members (excludes halogenated alkanes) is 3. The highest BCUT2D eigenvalue weighted by Gasteiger charge is 2.23. The van der Waals surface area contributed by atoms with Gasteiger partial charge in [-0.1, -0.05) is 33.1 Å². The van der Waals surface area contributed by atoms with Crippen LogP contribution in [0.4, 0.5) is 11.5 Å². The second-order valence-electron chi connectivity index (χ2n) is 5.99. The van der Waals surface area contributed by atoms with E-state index >= 15 is 0 Å². The molecule has 0 aliphatic rings. The molecular weight excluding hydrogens is 324 g/mol. The molecule has 0 aromatic carbocycles. The van der Waals surface area contributed by atoms with Crippen molar-refractivity contribution in [1.29, 1.82) is 0 Å². The molecule has 142 valence electrons. The van der Waals surface area contributed by atoms with Gasteiger partial charge >= 0.3 is 5.69 Å². The van der Waals surface area contributed by atoms with Gasteiger partial charge in [-0.25, -0.2) is 4.79 Å². The Morgan fingerprint density at radius 1 is 1.20 bits per heavy atom. The fourth-order valence-electron chi connectivity index (χ4n) is 2.58. The van der Waals surface area contributed by atoms with Crippen molar-refractivity contribution in [2.24, 2.45) is 0 Å². The van der Waals surface area contributed by atoms with Gasteiger partial charge in [-0.2, -0.15) is 0 Å². The zero-order valence-corrected chi connectivity index (χ0v) is 15.5. The van der Waals surface area contributed by atoms with E-state index in [1.54, 1.807) is 0 Å². The molecule has 0 saturated heterocycles. The third kappa shape index (κ3) is 5.74. The number of rotatable bonds is 11. The van der Waals surface area contributed by atoms with Crippen molar-refractivity contribution in [2.45, 2.75) is 58.9 Å². The van der Waals surface area contributed by atoms with Crippen LogP contribution in [0.2, 0.25) is 0 Å². The molecule has 0 bridgehead atoms. The molecule has 0 aliphatic heterocycles. The molecule has 0 unspecified atom stereocenters. The van der Waals surface area contributed by atoms with E-state index in [9.17, 15) is 14.4 Å². The predicted molar refractivity (Wildman–Crippen MR) is 99.0 cm³/mol. The summed E-state index contributed by atoms with van der Waals surface area (Å²) in [6.45, 7) is 4.93. The minimum atomic E-state index is -0.643. The van der Waals surface area contributed by atoms with E-state index in [0.29, 0.717) is 13.0 Å². The van der Waals surface area contributed by atoms with Crippen LogP contribution in [0.25, 0.3) is 0 Å². The van der Waals surface area contributed by atoms with Crippen molar-refractivity contribution in [3.8, 4) is 0 Å². The van der Waals surface area contributed by atoms with Crippen LogP contribution in [-0.2, 0) is 16.1 Å². The van der Waals surface area contributed by atoms with Gasteiger partial charge in [-0.05, 0) is 12.8 Å².